The largest absolute Gasteiger partial charge is 0.361 e. The first-order valence-electron chi connectivity index (χ1n) is 7.55. The Kier molecular flexibility index (Phi) is 4.52. The summed E-state index contributed by atoms with van der Waals surface area (Å²) in [5.74, 6) is 1.59. The summed E-state index contributed by atoms with van der Waals surface area (Å²) in [4.78, 5) is 14.4. The van der Waals surface area contributed by atoms with Gasteiger partial charge in [0.1, 0.15) is 5.76 Å². The minimum absolute atomic E-state index is 0.0251. The lowest BCUT2D eigenvalue weighted by Crippen LogP contribution is -2.33. The lowest BCUT2D eigenvalue weighted by Gasteiger charge is -2.19. The molecule has 5 heteroatoms. The molecular formula is C17H20N2O2S. The fraction of sp³-hybridized carbons (Fsp3) is 0.412. The van der Waals surface area contributed by atoms with Crippen molar-refractivity contribution in [1.82, 2.24) is 10.1 Å². The van der Waals surface area contributed by atoms with Gasteiger partial charge in [-0.2, -0.15) is 11.8 Å². The Morgan fingerprint density at radius 2 is 2.14 bits per heavy atom. The van der Waals surface area contributed by atoms with Gasteiger partial charge in [-0.1, -0.05) is 29.4 Å². The Morgan fingerprint density at radius 3 is 2.86 bits per heavy atom. The number of benzene rings is 1. The molecule has 3 rings (SSSR count). The second kappa shape index (κ2) is 6.57. The van der Waals surface area contributed by atoms with E-state index in [1.807, 2.05) is 16.7 Å². The number of aromatic nitrogens is 1. The van der Waals surface area contributed by atoms with E-state index in [-0.39, 0.29) is 5.91 Å². The number of thioether (sulfide) groups is 1. The quantitative estimate of drug-likeness (QED) is 0.849. The van der Waals surface area contributed by atoms with Crippen LogP contribution in [0, 0.1) is 13.8 Å². The van der Waals surface area contributed by atoms with E-state index in [1.54, 1.807) is 13.0 Å². The summed E-state index contributed by atoms with van der Waals surface area (Å²) in [6.07, 6.45) is 0.970. The predicted molar refractivity (Wildman–Crippen MR) is 88.1 cm³/mol. The van der Waals surface area contributed by atoms with Crippen molar-refractivity contribution in [2.75, 3.05) is 18.8 Å². The summed E-state index contributed by atoms with van der Waals surface area (Å²) in [5.41, 5.74) is 3.13. The summed E-state index contributed by atoms with van der Waals surface area (Å²) >= 11 is 1.94. The number of hydrogen-bond acceptors (Lipinski definition) is 4. The van der Waals surface area contributed by atoms with Crippen LogP contribution in [0.4, 0.5) is 0 Å². The molecule has 1 aliphatic heterocycles. The number of nitrogens with zero attached hydrogens (tertiary/aromatic N) is 2. The fourth-order valence-corrected chi connectivity index (χ4v) is 4.13. The molecular weight excluding hydrogens is 296 g/mol. The average Bonchev–Trinajstić information content (AvgIpc) is 2.81. The Hall–Kier alpha value is -1.75. The van der Waals surface area contributed by atoms with Crippen LogP contribution < -0.4 is 0 Å². The molecule has 1 aliphatic rings. The van der Waals surface area contributed by atoms with Gasteiger partial charge in [0.2, 0.25) is 0 Å². The number of carbonyl (C=O) groups excluding carboxylic acids is 1. The van der Waals surface area contributed by atoms with Gasteiger partial charge in [-0.3, -0.25) is 4.79 Å². The van der Waals surface area contributed by atoms with E-state index in [9.17, 15) is 4.79 Å². The van der Waals surface area contributed by atoms with Crippen LogP contribution in [-0.4, -0.2) is 34.8 Å². The molecule has 1 atom stereocenters. The highest BCUT2D eigenvalue weighted by molar-refractivity contribution is 7.99. The van der Waals surface area contributed by atoms with Crippen molar-refractivity contribution < 1.29 is 9.32 Å². The zero-order chi connectivity index (χ0) is 15.5. The lowest BCUT2D eigenvalue weighted by atomic mass is 10.0. The van der Waals surface area contributed by atoms with E-state index in [1.165, 1.54) is 11.1 Å². The first-order chi connectivity index (χ1) is 10.6. The van der Waals surface area contributed by atoms with E-state index >= 15 is 0 Å². The molecule has 4 nitrogen and oxygen atoms in total. The van der Waals surface area contributed by atoms with Gasteiger partial charge < -0.3 is 9.42 Å². The number of carbonyl (C=O) groups is 1. The smallest absolute Gasteiger partial charge is 0.276 e. The molecule has 0 unspecified atom stereocenters. The van der Waals surface area contributed by atoms with Crippen molar-refractivity contribution >= 4 is 17.7 Å². The van der Waals surface area contributed by atoms with Crippen LogP contribution in [0.2, 0.25) is 0 Å². The molecule has 1 aromatic heterocycles. The predicted octanol–water partition coefficient (Wildman–Crippen LogP) is 3.61. The Morgan fingerprint density at radius 1 is 1.32 bits per heavy atom. The van der Waals surface area contributed by atoms with E-state index in [0.29, 0.717) is 16.7 Å². The van der Waals surface area contributed by atoms with E-state index in [4.69, 9.17) is 4.52 Å². The van der Waals surface area contributed by atoms with Gasteiger partial charge in [0.05, 0.1) is 0 Å². The van der Waals surface area contributed by atoms with Crippen molar-refractivity contribution in [3.05, 3.63) is 52.9 Å². The maximum Gasteiger partial charge on any atom is 0.276 e. The van der Waals surface area contributed by atoms with Crippen LogP contribution in [-0.2, 0) is 0 Å². The molecule has 1 saturated heterocycles. The molecule has 22 heavy (non-hydrogen) atoms. The molecule has 0 N–H and O–H groups in total. The molecule has 0 aliphatic carbocycles. The maximum absolute atomic E-state index is 12.5. The summed E-state index contributed by atoms with van der Waals surface area (Å²) in [6.45, 7) is 5.48. The molecule has 1 fully saturated rings. The first kappa shape index (κ1) is 15.2. The minimum atomic E-state index is -0.0251. The average molecular weight is 316 g/mol. The molecule has 0 bridgehead atoms. The van der Waals surface area contributed by atoms with E-state index in [0.717, 1.165) is 25.3 Å². The van der Waals surface area contributed by atoms with Gasteiger partial charge >= 0.3 is 0 Å². The maximum atomic E-state index is 12.5. The molecule has 0 spiro atoms. The van der Waals surface area contributed by atoms with Crippen LogP contribution in [0.15, 0.2) is 34.9 Å². The molecule has 0 radical (unpaired) electrons. The highest BCUT2D eigenvalue weighted by atomic mass is 32.2. The second-order valence-corrected chi connectivity index (χ2v) is 6.93. The van der Waals surface area contributed by atoms with E-state index < -0.39 is 0 Å². The zero-order valence-corrected chi connectivity index (χ0v) is 13.7. The van der Waals surface area contributed by atoms with Crippen LogP contribution in [0.3, 0.4) is 0 Å². The molecule has 1 aromatic carbocycles. The Labute approximate surface area is 134 Å². The van der Waals surface area contributed by atoms with Gasteiger partial charge in [-0.15, -0.1) is 0 Å². The van der Waals surface area contributed by atoms with Crippen LogP contribution in [0.1, 0.15) is 39.0 Å². The van der Waals surface area contributed by atoms with Crippen molar-refractivity contribution in [3.8, 4) is 0 Å². The fourth-order valence-electron chi connectivity index (χ4n) is 2.80. The van der Waals surface area contributed by atoms with Crippen molar-refractivity contribution in [1.29, 1.82) is 0 Å². The number of amides is 1. The summed E-state index contributed by atoms with van der Waals surface area (Å²) in [6, 6.07) is 10.2. The number of hydrogen-bond donors (Lipinski definition) is 0. The third-order valence-corrected chi connectivity index (χ3v) is 5.32. The highest BCUT2D eigenvalue weighted by Crippen LogP contribution is 2.36. The zero-order valence-electron chi connectivity index (χ0n) is 12.9. The summed E-state index contributed by atoms with van der Waals surface area (Å²) in [5, 5.41) is 4.30. The molecule has 1 amide bonds. The SMILES string of the molecule is Cc1cc(C(=O)N2CCS[C@@H](c3ccccc3C)CC2)no1. The Balaban J connectivity index is 1.70. The van der Waals surface area contributed by atoms with Crippen LogP contribution in [0.25, 0.3) is 0 Å². The van der Waals surface area contributed by atoms with Gasteiger partial charge in [-0.25, -0.2) is 0 Å². The van der Waals surface area contributed by atoms with Crippen molar-refractivity contribution in [2.24, 2.45) is 0 Å². The third-order valence-electron chi connectivity index (χ3n) is 4.01. The molecule has 0 saturated carbocycles. The first-order valence-corrected chi connectivity index (χ1v) is 8.60. The van der Waals surface area contributed by atoms with Crippen LogP contribution in [0.5, 0.6) is 0 Å². The summed E-state index contributed by atoms with van der Waals surface area (Å²) in [7, 11) is 0. The van der Waals surface area contributed by atoms with E-state index in [2.05, 4.69) is 36.3 Å². The van der Waals surface area contributed by atoms with Crippen LogP contribution >= 0.6 is 11.8 Å². The van der Waals surface area contributed by atoms with Gasteiger partial charge in [0.25, 0.3) is 5.91 Å². The second-order valence-electron chi connectivity index (χ2n) is 5.62. The lowest BCUT2D eigenvalue weighted by molar-refractivity contribution is 0.0756. The molecule has 116 valence electrons. The third kappa shape index (κ3) is 3.19. The topological polar surface area (TPSA) is 46.3 Å². The minimum Gasteiger partial charge on any atom is -0.361 e. The van der Waals surface area contributed by atoms with Gasteiger partial charge in [0, 0.05) is 30.2 Å². The normalized spacial score (nSPS) is 19.0. The standard InChI is InChI=1S/C17H20N2O2S/c1-12-5-3-4-6-14(12)16-7-8-19(9-10-22-16)17(20)15-11-13(2)21-18-15/h3-6,11,16H,7-10H2,1-2H3/t16-/m1/s1. The number of rotatable bonds is 2. The van der Waals surface area contributed by atoms with Gasteiger partial charge in [0.15, 0.2) is 5.69 Å². The Bertz CT molecular complexity index is 668. The monoisotopic (exact) mass is 316 g/mol. The number of aryl methyl sites for hydroxylation is 2. The highest BCUT2D eigenvalue weighted by Gasteiger charge is 2.25. The van der Waals surface area contributed by atoms with Crippen molar-refractivity contribution in [3.63, 3.8) is 0 Å². The van der Waals surface area contributed by atoms with Crippen molar-refractivity contribution in [2.45, 2.75) is 25.5 Å². The summed E-state index contributed by atoms with van der Waals surface area (Å²) < 4.78 is 5.01. The van der Waals surface area contributed by atoms with Gasteiger partial charge in [-0.05, 0) is 31.4 Å². The molecule has 2 heterocycles. The molecule has 2 aromatic rings.